The fraction of sp³-hybridized carbons (Fsp3) is 0.467. The van der Waals surface area contributed by atoms with Gasteiger partial charge in [0.15, 0.2) is 0 Å². The van der Waals surface area contributed by atoms with Crippen LogP contribution in [0.3, 0.4) is 0 Å². The highest BCUT2D eigenvalue weighted by molar-refractivity contribution is 5.86. The van der Waals surface area contributed by atoms with E-state index in [1.54, 1.807) is 0 Å². The standard InChI is InChI=1S/C30H35NO5/c1-20-24-11-13-26(35-19-22-8-4-3-5-9-22)21(2)28(24)36-29(33)25(20)12-14-27(32)31-17-16-30(34)15-7-6-10-23(30)18-31/h3-5,8-9,11,13,23,34H,6-7,10,12,14-19H2,1-2H3/t23-,30-/m0/s1. The predicted octanol–water partition coefficient (Wildman–Crippen LogP) is 5.08. The van der Waals surface area contributed by atoms with Gasteiger partial charge in [0.25, 0.3) is 0 Å². The molecule has 1 N–H and O–H groups in total. The summed E-state index contributed by atoms with van der Waals surface area (Å²) in [7, 11) is 0. The lowest BCUT2D eigenvalue weighted by atomic mass is 9.71. The molecule has 2 atom stereocenters. The van der Waals surface area contributed by atoms with Crippen LogP contribution < -0.4 is 10.4 Å². The number of likely N-dealkylation sites (tertiary alicyclic amines) is 1. The van der Waals surface area contributed by atoms with Gasteiger partial charge in [-0.2, -0.15) is 0 Å². The summed E-state index contributed by atoms with van der Waals surface area (Å²) < 4.78 is 11.8. The summed E-state index contributed by atoms with van der Waals surface area (Å²) in [6, 6.07) is 13.8. The molecule has 2 fully saturated rings. The smallest absolute Gasteiger partial charge is 0.339 e. The number of carbonyl (C=O) groups excluding carboxylic acids is 1. The fourth-order valence-electron chi connectivity index (χ4n) is 5.94. The number of piperidine rings is 1. The van der Waals surface area contributed by atoms with Crippen molar-refractivity contribution in [3.63, 3.8) is 0 Å². The minimum Gasteiger partial charge on any atom is -0.488 e. The van der Waals surface area contributed by atoms with E-state index in [-0.39, 0.29) is 18.2 Å². The van der Waals surface area contributed by atoms with Crippen LogP contribution in [0.25, 0.3) is 11.0 Å². The number of ether oxygens (including phenoxy) is 1. The zero-order chi connectivity index (χ0) is 25.3. The molecule has 0 unspecified atom stereocenters. The van der Waals surface area contributed by atoms with E-state index in [2.05, 4.69) is 0 Å². The molecule has 3 aromatic rings. The molecule has 36 heavy (non-hydrogen) atoms. The summed E-state index contributed by atoms with van der Waals surface area (Å²) >= 11 is 0. The Morgan fingerprint density at radius 3 is 2.72 bits per heavy atom. The molecule has 1 saturated heterocycles. The monoisotopic (exact) mass is 489 g/mol. The quantitative estimate of drug-likeness (QED) is 0.489. The molecular weight excluding hydrogens is 454 g/mol. The average molecular weight is 490 g/mol. The lowest BCUT2D eigenvalue weighted by Crippen LogP contribution is -2.54. The van der Waals surface area contributed by atoms with E-state index in [4.69, 9.17) is 9.15 Å². The third-order valence-corrected chi connectivity index (χ3v) is 8.26. The van der Waals surface area contributed by atoms with Gasteiger partial charge in [0, 0.05) is 41.9 Å². The second-order valence-corrected chi connectivity index (χ2v) is 10.5. The fourth-order valence-corrected chi connectivity index (χ4v) is 5.94. The lowest BCUT2D eigenvalue weighted by molar-refractivity contribution is -0.143. The van der Waals surface area contributed by atoms with Crippen molar-refractivity contribution in [2.24, 2.45) is 5.92 Å². The van der Waals surface area contributed by atoms with E-state index in [0.717, 1.165) is 47.8 Å². The molecule has 1 aromatic heterocycles. The molecule has 2 aromatic carbocycles. The summed E-state index contributed by atoms with van der Waals surface area (Å²) in [6.07, 6.45) is 5.26. The number of aryl methyl sites for hydroxylation is 2. The third-order valence-electron chi connectivity index (χ3n) is 8.26. The Hall–Kier alpha value is -3.12. The van der Waals surface area contributed by atoms with Gasteiger partial charge in [-0.3, -0.25) is 4.79 Å². The van der Waals surface area contributed by atoms with Crippen LogP contribution in [0.2, 0.25) is 0 Å². The van der Waals surface area contributed by atoms with Gasteiger partial charge in [0.2, 0.25) is 5.91 Å². The number of hydrogen-bond acceptors (Lipinski definition) is 5. The van der Waals surface area contributed by atoms with Gasteiger partial charge >= 0.3 is 5.63 Å². The van der Waals surface area contributed by atoms with Crippen molar-refractivity contribution in [1.29, 1.82) is 0 Å². The predicted molar refractivity (Wildman–Crippen MR) is 139 cm³/mol. The molecule has 1 amide bonds. The maximum absolute atomic E-state index is 13.0. The van der Waals surface area contributed by atoms with Crippen LogP contribution in [-0.2, 0) is 17.8 Å². The Balaban J connectivity index is 1.29. The molecule has 2 heterocycles. The van der Waals surface area contributed by atoms with E-state index in [1.165, 1.54) is 0 Å². The lowest BCUT2D eigenvalue weighted by Gasteiger charge is -2.47. The number of nitrogens with zero attached hydrogens (tertiary/aromatic N) is 1. The Kier molecular flexibility index (Phi) is 6.89. The first-order valence-corrected chi connectivity index (χ1v) is 13.1. The van der Waals surface area contributed by atoms with Crippen molar-refractivity contribution in [1.82, 2.24) is 4.90 Å². The Morgan fingerprint density at radius 2 is 1.92 bits per heavy atom. The molecule has 6 heteroatoms. The van der Waals surface area contributed by atoms with Gasteiger partial charge in [-0.05, 0) is 62.8 Å². The highest BCUT2D eigenvalue weighted by Crippen LogP contribution is 2.40. The van der Waals surface area contributed by atoms with Crippen LogP contribution in [0.4, 0.5) is 0 Å². The van der Waals surface area contributed by atoms with E-state index in [9.17, 15) is 14.7 Å². The molecule has 5 rings (SSSR count). The van der Waals surface area contributed by atoms with E-state index in [0.29, 0.717) is 49.4 Å². The van der Waals surface area contributed by atoms with Crippen LogP contribution in [0, 0.1) is 19.8 Å². The Bertz CT molecular complexity index is 1310. The van der Waals surface area contributed by atoms with E-state index in [1.807, 2.05) is 61.2 Å². The molecule has 0 radical (unpaired) electrons. The number of aliphatic hydroxyl groups is 1. The first-order chi connectivity index (χ1) is 17.4. The number of hydrogen-bond donors (Lipinski definition) is 1. The highest BCUT2D eigenvalue weighted by Gasteiger charge is 2.43. The van der Waals surface area contributed by atoms with Gasteiger partial charge in [0.05, 0.1) is 5.60 Å². The minimum absolute atomic E-state index is 0.0439. The molecule has 6 nitrogen and oxygen atoms in total. The molecule has 1 saturated carbocycles. The normalized spacial score (nSPS) is 21.9. The van der Waals surface area contributed by atoms with Crippen molar-refractivity contribution in [3.8, 4) is 5.75 Å². The molecule has 1 aliphatic heterocycles. The highest BCUT2D eigenvalue weighted by atomic mass is 16.5. The third kappa shape index (κ3) is 4.79. The number of rotatable bonds is 6. The number of amides is 1. The topological polar surface area (TPSA) is 80.0 Å². The summed E-state index contributed by atoms with van der Waals surface area (Å²) in [5.41, 5.74) is 2.80. The van der Waals surface area contributed by atoms with Crippen LogP contribution in [0.15, 0.2) is 51.7 Å². The molecule has 0 spiro atoms. The minimum atomic E-state index is -0.605. The summed E-state index contributed by atoms with van der Waals surface area (Å²) in [5.74, 6) is 0.893. The van der Waals surface area contributed by atoms with Crippen molar-refractivity contribution >= 4 is 16.9 Å². The van der Waals surface area contributed by atoms with Gasteiger partial charge in [-0.1, -0.05) is 43.2 Å². The first kappa shape index (κ1) is 24.6. The van der Waals surface area contributed by atoms with Gasteiger partial charge in [0.1, 0.15) is 17.9 Å². The molecule has 1 aliphatic carbocycles. The zero-order valence-electron chi connectivity index (χ0n) is 21.2. The first-order valence-electron chi connectivity index (χ1n) is 13.1. The summed E-state index contributed by atoms with van der Waals surface area (Å²) in [4.78, 5) is 27.8. The largest absolute Gasteiger partial charge is 0.488 e. The summed E-state index contributed by atoms with van der Waals surface area (Å²) in [5, 5.41) is 11.8. The maximum atomic E-state index is 13.0. The van der Waals surface area contributed by atoms with Gasteiger partial charge in [-0.25, -0.2) is 4.79 Å². The Morgan fingerprint density at radius 1 is 1.11 bits per heavy atom. The SMILES string of the molecule is Cc1c(CCC(=O)N2CC[C@@]3(O)CCCC[C@H]3C2)c(=O)oc2c(C)c(OCc3ccccc3)ccc12. The van der Waals surface area contributed by atoms with Crippen molar-refractivity contribution in [3.05, 3.63) is 75.1 Å². The van der Waals surface area contributed by atoms with Crippen LogP contribution >= 0.6 is 0 Å². The van der Waals surface area contributed by atoms with Crippen LogP contribution in [0.1, 0.15) is 60.8 Å². The molecule has 0 bridgehead atoms. The zero-order valence-corrected chi connectivity index (χ0v) is 21.2. The van der Waals surface area contributed by atoms with Crippen molar-refractivity contribution < 1.29 is 19.1 Å². The Labute approximate surface area is 211 Å². The second-order valence-electron chi connectivity index (χ2n) is 10.5. The second kappa shape index (κ2) is 10.1. The number of benzene rings is 2. The average Bonchev–Trinajstić information content (AvgIpc) is 2.88. The maximum Gasteiger partial charge on any atom is 0.339 e. The van der Waals surface area contributed by atoms with E-state index < -0.39 is 11.2 Å². The number of carbonyl (C=O) groups is 1. The molecular formula is C30H35NO5. The van der Waals surface area contributed by atoms with Crippen molar-refractivity contribution in [2.45, 2.75) is 71.0 Å². The van der Waals surface area contributed by atoms with Gasteiger partial charge < -0.3 is 19.2 Å². The number of fused-ring (bicyclic) bond motifs is 2. The molecule has 2 aliphatic rings. The summed E-state index contributed by atoms with van der Waals surface area (Å²) in [6.45, 7) is 5.46. The van der Waals surface area contributed by atoms with Crippen LogP contribution in [0.5, 0.6) is 5.75 Å². The van der Waals surface area contributed by atoms with Crippen LogP contribution in [-0.4, -0.2) is 34.6 Å². The molecule has 190 valence electrons. The van der Waals surface area contributed by atoms with E-state index >= 15 is 0 Å². The van der Waals surface area contributed by atoms with Crippen molar-refractivity contribution in [2.75, 3.05) is 13.1 Å². The van der Waals surface area contributed by atoms with Gasteiger partial charge in [-0.15, -0.1) is 0 Å².